The van der Waals surface area contributed by atoms with Crippen molar-refractivity contribution in [3.05, 3.63) is 51.5 Å². The third-order valence-corrected chi connectivity index (χ3v) is 4.43. The Morgan fingerprint density at radius 2 is 2.00 bits per heavy atom. The van der Waals surface area contributed by atoms with Gasteiger partial charge in [0, 0.05) is 16.3 Å². The molecule has 0 atom stereocenters. The summed E-state index contributed by atoms with van der Waals surface area (Å²) in [7, 11) is 0. The Labute approximate surface area is 131 Å². The smallest absolute Gasteiger partial charge is 0.257 e. The molecule has 3 heterocycles. The van der Waals surface area contributed by atoms with Gasteiger partial charge in [-0.1, -0.05) is 0 Å². The SMILES string of the molecule is Cc1ccc(-n2nccc2NC(=O)c2csc(C)c2C)nn1. The van der Waals surface area contributed by atoms with E-state index >= 15 is 0 Å². The summed E-state index contributed by atoms with van der Waals surface area (Å²) >= 11 is 1.57. The van der Waals surface area contributed by atoms with Crippen LogP contribution in [-0.4, -0.2) is 25.9 Å². The van der Waals surface area contributed by atoms with Crippen molar-refractivity contribution in [3.8, 4) is 5.82 Å². The largest absolute Gasteiger partial charge is 0.306 e. The molecule has 0 aliphatic heterocycles. The minimum absolute atomic E-state index is 0.149. The summed E-state index contributed by atoms with van der Waals surface area (Å²) in [6, 6.07) is 5.39. The molecule has 3 aromatic heterocycles. The van der Waals surface area contributed by atoms with Gasteiger partial charge in [0.1, 0.15) is 5.82 Å². The first-order valence-corrected chi connectivity index (χ1v) is 7.65. The maximum atomic E-state index is 12.4. The highest BCUT2D eigenvalue weighted by Crippen LogP contribution is 2.22. The van der Waals surface area contributed by atoms with Gasteiger partial charge in [-0.25, -0.2) is 0 Å². The molecule has 0 bridgehead atoms. The van der Waals surface area contributed by atoms with Gasteiger partial charge in [-0.05, 0) is 38.5 Å². The molecular weight excluding hydrogens is 298 g/mol. The quantitative estimate of drug-likeness (QED) is 0.807. The highest BCUT2D eigenvalue weighted by Gasteiger charge is 2.15. The summed E-state index contributed by atoms with van der Waals surface area (Å²) < 4.78 is 1.55. The lowest BCUT2D eigenvalue weighted by Gasteiger charge is -2.08. The van der Waals surface area contributed by atoms with Crippen LogP contribution >= 0.6 is 11.3 Å². The second kappa shape index (κ2) is 5.69. The Balaban J connectivity index is 1.88. The molecule has 7 heteroatoms. The second-order valence-electron chi connectivity index (χ2n) is 4.95. The molecule has 0 saturated carbocycles. The minimum atomic E-state index is -0.149. The van der Waals surface area contributed by atoms with Crippen LogP contribution in [0.5, 0.6) is 0 Å². The van der Waals surface area contributed by atoms with Crippen LogP contribution in [0.4, 0.5) is 5.82 Å². The van der Waals surface area contributed by atoms with Gasteiger partial charge in [0.2, 0.25) is 0 Å². The van der Waals surface area contributed by atoms with Gasteiger partial charge in [-0.2, -0.15) is 14.9 Å². The third-order valence-electron chi connectivity index (χ3n) is 3.42. The van der Waals surface area contributed by atoms with Crippen LogP contribution in [0.25, 0.3) is 5.82 Å². The first-order chi connectivity index (χ1) is 10.6. The lowest BCUT2D eigenvalue weighted by molar-refractivity contribution is 0.102. The van der Waals surface area contributed by atoms with E-state index in [1.165, 1.54) is 0 Å². The predicted octanol–water partition coefficient (Wildman–Crippen LogP) is 2.90. The molecule has 0 aromatic carbocycles. The fraction of sp³-hybridized carbons (Fsp3) is 0.200. The average molecular weight is 313 g/mol. The normalized spacial score (nSPS) is 10.7. The van der Waals surface area contributed by atoms with E-state index in [0.717, 1.165) is 16.1 Å². The number of nitrogens with zero attached hydrogens (tertiary/aromatic N) is 4. The number of rotatable bonds is 3. The van der Waals surface area contributed by atoms with Gasteiger partial charge in [-0.3, -0.25) is 4.79 Å². The van der Waals surface area contributed by atoms with E-state index in [1.54, 1.807) is 28.3 Å². The van der Waals surface area contributed by atoms with Gasteiger partial charge in [-0.15, -0.1) is 16.4 Å². The van der Waals surface area contributed by atoms with Crippen LogP contribution in [-0.2, 0) is 0 Å². The van der Waals surface area contributed by atoms with Gasteiger partial charge >= 0.3 is 0 Å². The van der Waals surface area contributed by atoms with Crippen LogP contribution in [0.1, 0.15) is 26.5 Å². The van der Waals surface area contributed by atoms with Crippen molar-refractivity contribution in [2.45, 2.75) is 20.8 Å². The Bertz CT molecular complexity index is 819. The number of nitrogens with one attached hydrogen (secondary N) is 1. The van der Waals surface area contributed by atoms with Crippen molar-refractivity contribution in [1.29, 1.82) is 0 Å². The first-order valence-electron chi connectivity index (χ1n) is 6.77. The molecule has 1 N–H and O–H groups in total. The van der Waals surface area contributed by atoms with Crippen molar-refractivity contribution in [1.82, 2.24) is 20.0 Å². The molecule has 22 heavy (non-hydrogen) atoms. The highest BCUT2D eigenvalue weighted by molar-refractivity contribution is 7.10. The van der Waals surface area contributed by atoms with Crippen molar-refractivity contribution in [2.75, 3.05) is 5.32 Å². The molecule has 0 fully saturated rings. The fourth-order valence-electron chi connectivity index (χ4n) is 2.01. The number of anilines is 1. The standard InChI is InChI=1S/C15H15N5OS/c1-9-4-5-14(19-18-9)20-13(6-7-16-20)17-15(21)12-8-22-11(3)10(12)2/h4-8H,1-3H3,(H,17,21). The Morgan fingerprint density at radius 3 is 2.64 bits per heavy atom. The van der Waals surface area contributed by atoms with Gasteiger partial charge in [0.05, 0.1) is 17.5 Å². The van der Waals surface area contributed by atoms with Crippen LogP contribution in [0, 0.1) is 20.8 Å². The summed E-state index contributed by atoms with van der Waals surface area (Å²) in [4.78, 5) is 13.5. The number of hydrogen-bond donors (Lipinski definition) is 1. The van der Waals surface area contributed by atoms with Gasteiger partial charge in [0.15, 0.2) is 5.82 Å². The number of amides is 1. The van der Waals surface area contributed by atoms with E-state index in [1.807, 2.05) is 38.3 Å². The number of hydrogen-bond acceptors (Lipinski definition) is 5. The Hall–Kier alpha value is -2.54. The lowest BCUT2D eigenvalue weighted by atomic mass is 10.2. The molecule has 0 spiro atoms. The molecule has 0 radical (unpaired) electrons. The number of aromatic nitrogens is 4. The van der Waals surface area contributed by atoms with E-state index in [0.29, 0.717) is 17.2 Å². The minimum Gasteiger partial charge on any atom is -0.306 e. The number of thiophene rings is 1. The van der Waals surface area contributed by atoms with Crippen molar-refractivity contribution in [3.63, 3.8) is 0 Å². The maximum absolute atomic E-state index is 12.4. The summed E-state index contributed by atoms with van der Waals surface area (Å²) in [5.41, 5.74) is 2.51. The third kappa shape index (κ3) is 2.62. The van der Waals surface area contributed by atoms with E-state index in [4.69, 9.17) is 0 Å². The summed E-state index contributed by atoms with van der Waals surface area (Å²) in [5.74, 6) is 0.971. The van der Waals surface area contributed by atoms with Crippen molar-refractivity contribution >= 4 is 23.1 Å². The second-order valence-corrected chi connectivity index (χ2v) is 6.03. The molecule has 0 aliphatic carbocycles. The lowest BCUT2D eigenvalue weighted by Crippen LogP contribution is -2.16. The maximum Gasteiger partial charge on any atom is 0.257 e. The summed E-state index contributed by atoms with van der Waals surface area (Å²) in [6.07, 6.45) is 1.61. The van der Waals surface area contributed by atoms with Crippen molar-refractivity contribution in [2.24, 2.45) is 0 Å². The van der Waals surface area contributed by atoms with Crippen LogP contribution in [0.15, 0.2) is 29.8 Å². The topological polar surface area (TPSA) is 72.7 Å². The highest BCUT2D eigenvalue weighted by atomic mass is 32.1. The number of carbonyl (C=O) groups excluding carboxylic acids is 1. The Morgan fingerprint density at radius 1 is 1.18 bits per heavy atom. The molecule has 112 valence electrons. The summed E-state index contributed by atoms with van der Waals surface area (Å²) in [6.45, 7) is 5.82. The fourth-order valence-corrected chi connectivity index (χ4v) is 2.87. The predicted molar refractivity (Wildman–Crippen MR) is 85.6 cm³/mol. The van der Waals surface area contributed by atoms with Gasteiger partial charge < -0.3 is 5.32 Å². The van der Waals surface area contributed by atoms with Gasteiger partial charge in [0.25, 0.3) is 5.91 Å². The zero-order chi connectivity index (χ0) is 15.7. The molecule has 1 amide bonds. The molecule has 3 rings (SSSR count). The molecule has 0 unspecified atom stereocenters. The monoisotopic (exact) mass is 313 g/mol. The number of aryl methyl sites for hydroxylation is 2. The Kier molecular flexibility index (Phi) is 3.72. The summed E-state index contributed by atoms with van der Waals surface area (Å²) in [5, 5.41) is 17.0. The van der Waals surface area contributed by atoms with Crippen LogP contribution in [0.2, 0.25) is 0 Å². The van der Waals surface area contributed by atoms with Crippen molar-refractivity contribution < 1.29 is 4.79 Å². The molecule has 6 nitrogen and oxygen atoms in total. The molecular formula is C15H15N5OS. The van der Waals surface area contributed by atoms with Crippen LogP contribution in [0.3, 0.4) is 0 Å². The molecule has 0 saturated heterocycles. The zero-order valence-electron chi connectivity index (χ0n) is 12.5. The number of carbonyl (C=O) groups is 1. The van der Waals surface area contributed by atoms with E-state index < -0.39 is 0 Å². The van der Waals surface area contributed by atoms with E-state index in [-0.39, 0.29) is 5.91 Å². The average Bonchev–Trinajstić information content (AvgIpc) is 3.08. The van der Waals surface area contributed by atoms with E-state index in [2.05, 4.69) is 20.6 Å². The molecule has 3 aromatic rings. The van der Waals surface area contributed by atoms with E-state index in [9.17, 15) is 4.79 Å². The zero-order valence-corrected chi connectivity index (χ0v) is 13.3. The molecule has 0 aliphatic rings. The van der Waals surface area contributed by atoms with Crippen LogP contribution < -0.4 is 5.32 Å². The first kappa shape index (κ1) is 14.4.